The number of rotatable bonds is 9. The maximum Gasteiger partial charge on any atom is 0.331 e. The highest BCUT2D eigenvalue weighted by Crippen LogP contribution is 2.20. The molecular formula is C12H22O4S. The molecule has 0 rings (SSSR count). The summed E-state index contributed by atoms with van der Waals surface area (Å²) in [5.41, 5.74) is 0. The lowest BCUT2D eigenvalue weighted by atomic mass is 10.3. The molecule has 0 radical (unpaired) electrons. The van der Waals surface area contributed by atoms with Gasteiger partial charge in [-0.05, 0) is 31.9 Å². The van der Waals surface area contributed by atoms with Gasteiger partial charge in [0.25, 0.3) is 0 Å². The van der Waals surface area contributed by atoms with Gasteiger partial charge in [0.05, 0.1) is 6.61 Å². The second-order valence-electron chi connectivity index (χ2n) is 3.11. The van der Waals surface area contributed by atoms with Crippen LogP contribution in [0.3, 0.4) is 0 Å². The standard InChI is InChI=1S/C12H22O4S/c1-5-14-11(13)8-10(17-4)9-12(15-6-2)16-7-3/h8,12H,5-7,9H2,1-4H3/b10-8-. The van der Waals surface area contributed by atoms with E-state index in [2.05, 4.69) is 0 Å². The highest BCUT2D eigenvalue weighted by Gasteiger charge is 2.12. The van der Waals surface area contributed by atoms with Gasteiger partial charge in [-0.3, -0.25) is 0 Å². The number of carbonyl (C=O) groups excluding carboxylic acids is 1. The molecule has 0 aromatic heterocycles. The smallest absolute Gasteiger partial charge is 0.331 e. The molecule has 0 heterocycles. The molecule has 17 heavy (non-hydrogen) atoms. The van der Waals surface area contributed by atoms with Crippen LogP contribution in [0.15, 0.2) is 11.0 Å². The van der Waals surface area contributed by atoms with Crippen molar-refractivity contribution in [3.63, 3.8) is 0 Å². The predicted octanol–water partition coefficient (Wildman–Crippen LogP) is 2.59. The Labute approximate surface area is 108 Å². The first-order valence-electron chi connectivity index (χ1n) is 5.82. The molecule has 100 valence electrons. The number of carbonyl (C=O) groups is 1. The molecule has 0 spiro atoms. The molecule has 0 aliphatic carbocycles. The second-order valence-corrected chi connectivity index (χ2v) is 4.04. The van der Waals surface area contributed by atoms with Crippen molar-refractivity contribution < 1.29 is 19.0 Å². The number of ether oxygens (including phenoxy) is 3. The Morgan fingerprint density at radius 2 is 1.76 bits per heavy atom. The third-order valence-corrected chi connectivity index (χ3v) is 2.71. The molecule has 0 aliphatic heterocycles. The molecule has 0 unspecified atom stereocenters. The van der Waals surface area contributed by atoms with Crippen molar-refractivity contribution in [2.24, 2.45) is 0 Å². The van der Waals surface area contributed by atoms with Crippen LogP contribution in [0, 0.1) is 0 Å². The summed E-state index contributed by atoms with van der Waals surface area (Å²) < 4.78 is 15.7. The van der Waals surface area contributed by atoms with Crippen molar-refractivity contribution in [1.29, 1.82) is 0 Å². The predicted molar refractivity (Wildman–Crippen MR) is 69.9 cm³/mol. The van der Waals surface area contributed by atoms with E-state index in [-0.39, 0.29) is 12.3 Å². The van der Waals surface area contributed by atoms with Gasteiger partial charge in [0.2, 0.25) is 0 Å². The summed E-state index contributed by atoms with van der Waals surface area (Å²) in [7, 11) is 0. The Morgan fingerprint density at radius 3 is 2.18 bits per heavy atom. The first kappa shape index (κ1) is 16.5. The zero-order valence-corrected chi connectivity index (χ0v) is 11.8. The van der Waals surface area contributed by atoms with Crippen molar-refractivity contribution >= 4 is 17.7 Å². The van der Waals surface area contributed by atoms with E-state index in [0.29, 0.717) is 26.2 Å². The van der Waals surface area contributed by atoms with Crippen LogP contribution in [0.25, 0.3) is 0 Å². The molecule has 0 atom stereocenters. The molecular weight excluding hydrogens is 240 g/mol. The lowest BCUT2D eigenvalue weighted by molar-refractivity contribution is -0.137. The van der Waals surface area contributed by atoms with E-state index in [9.17, 15) is 4.79 Å². The van der Waals surface area contributed by atoms with Gasteiger partial charge in [-0.15, -0.1) is 11.8 Å². The zero-order valence-electron chi connectivity index (χ0n) is 11.0. The monoisotopic (exact) mass is 262 g/mol. The summed E-state index contributed by atoms with van der Waals surface area (Å²) >= 11 is 1.50. The quantitative estimate of drug-likeness (QED) is 0.363. The highest BCUT2D eigenvalue weighted by atomic mass is 32.2. The van der Waals surface area contributed by atoms with E-state index in [1.54, 1.807) is 6.92 Å². The second kappa shape index (κ2) is 10.6. The number of hydrogen-bond donors (Lipinski definition) is 0. The van der Waals surface area contributed by atoms with Crippen LogP contribution in [0.4, 0.5) is 0 Å². The van der Waals surface area contributed by atoms with Gasteiger partial charge in [0.1, 0.15) is 0 Å². The summed E-state index contributed by atoms with van der Waals surface area (Å²) in [5, 5.41) is 0. The molecule has 4 nitrogen and oxygen atoms in total. The van der Waals surface area contributed by atoms with Gasteiger partial charge in [-0.25, -0.2) is 4.79 Å². The van der Waals surface area contributed by atoms with Gasteiger partial charge in [0.15, 0.2) is 6.29 Å². The van der Waals surface area contributed by atoms with Crippen LogP contribution in [0.2, 0.25) is 0 Å². The lowest BCUT2D eigenvalue weighted by Gasteiger charge is -2.17. The molecule has 0 aliphatic rings. The summed E-state index contributed by atoms with van der Waals surface area (Å²) in [6, 6.07) is 0. The van der Waals surface area contributed by atoms with Crippen molar-refractivity contribution in [2.45, 2.75) is 33.5 Å². The average Bonchev–Trinajstić information content (AvgIpc) is 2.29. The van der Waals surface area contributed by atoms with E-state index in [4.69, 9.17) is 14.2 Å². The molecule has 0 N–H and O–H groups in total. The van der Waals surface area contributed by atoms with Crippen LogP contribution in [0.5, 0.6) is 0 Å². The Balaban J connectivity index is 4.37. The fourth-order valence-electron chi connectivity index (χ4n) is 1.22. The molecule has 0 saturated carbocycles. The lowest BCUT2D eigenvalue weighted by Crippen LogP contribution is -2.18. The molecule has 0 fully saturated rings. The molecule has 5 heteroatoms. The van der Waals surface area contributed by atoms with E-state index >= 15 is 0 Å². The van der Waals surface area contributed by atoms with Gasteiger partial charge in [-0.2, -0.15) is 0 Å². The molecule has 0 aromatic carbocycles. The van der Waals surface area contributed by atoms with Crippen LogP contribution in [0.1, 0.15) is 27.2 Å². The zero-order chi connectivity index (χ0) is 13.1. The Hall–Kier alpha value is -0.520. The SMILES string of the molecule is CCOC(=O)/C=C(/CC(OCC)OCC)SC. The Bertz CT molecular complexity index is 235. The Morgan fingerprint density at radius 1 is 1.18 bits per heavy atom. The number of esters is 1. The highest BCUT2D eigenvalue weighted by molar-refractivity contribution is 8.02. The van der Waals surface area contributed by atoms with Crippen molar-refractivity contribution in [2.75, 3.05) is 26.1 Å². The fraction of sp³-hybridized carbons (Fsp3) is 0.750. The summed E-state index contributed by atoms with van der Waals surface area (Å²) in [4.78, 5) is 12.2. The first-order valence-corrected chi connectivity index (χ1v) is 7.04. The van der Waals surface area contributed by atoms with Crippen molar-refractivity contribution in [3.8, 4) is 0 Å². The van der Waals surface area contributed by atoms with Gasteiger partial charge < -0.3 is 14.2 Å². The van der Waals surface area contributed by atoms with E-state index in [0.717, 1.165) is 4.91 Å². The maximum absolute atomic E-state index is 11.3. The summed E-state index contributed by atoms with van der Waals surface area (Å²) in [6.07, 6.45) is 3.69. The number of thioether (sulfide) groups is 1. The third-order valence-electron chi connectivity index (χ3n) is 1.90. The minimum Gasteiger partial charge on any atom is -0.463 e. The summed E-state index contributed by atoms with van der Waals surface area (Å²) in [6.45, 7) is 7.18. The van der Waals surface area contributed by atoms with E-state index < -0.39 is 0 Å². The average molecular weight is 262 g/mol. The van der Waals surface area contributed by atoms with Gasteiger partial charge >= 0.3 is 5.97 Å². The molecule has 0 saturated heterocycles. The van der Waals surface area contributed by atoms with Crippen LogP contribution < -0.4 is 0 Å². The minimum absolute atomic E-state index is 0.293. The molecule has 0 amide bonds. The van der Waals surface area contributed by atoms with Crippen molar-refractivity contribution in [3.05, 3.63) is 11.0 Å². The number of hydrogen-bond acceptors (Lipinski definition) is 5. The first-order chi connectivity index (χ1) is 8.17. The maximum atomic E-state index is 11.3. The normalized spacial score (nSPS) is 11.9. The van der Waals surface area contributed by atoms with Crippen LogP contribution in [-0.2, 0) is 19.0 Å². The Kier molecular flexibility index (Phi) is 10.3. The fourth-order valence-corrected chi connectivity index (χ4v) is 1.74. The van der Waals surface area contributed by atoms with Gasteiger partial charge in [0, 0.05) is 25.7 Å². The van der Waals surface area contributed by atoms with Crippen LogP contribution in [-0.4, -0.2) is 38.3 Å². The van der Waals surface area contributed by atoms with Gasteiger partial charge in [-0.1, -0.05) is 0 Å². The third kappa shape index (κ3) is 8.24. The minimum atomic E-state index is -0.316. The largest absolute Gasteiger partial charge is 0.463 e. The topological polar surface area (TPSA) is 44.8 Å². The van der Waals surface area contributed by atoms with Crippen LogP contribution >= 0.6 is 11.8 Å². The van der Waals surface area contributed by atoms with E-state index in [1.807, 2.05) is 20.1 Å². The summed E-state index contributed by atoms with van der Waals surface area (Å²) in [5.74, 6) is -0.316. The van der Waals surface area contributed by atoms with E-state index in [1.165, 1.54) is 17.8 Å². The molecule has 0 bridgehead atoms. The molecule has 0 aromatic rings. The van der Waals surface area contributed by atoms with Crippen molar-refractivity contribution in [1.82, 2.24) is 0 Å².